The van der Waals surface area contributed by atoms with Gasteiger partial charge in [-0.2, -0.15) is 0 Å². The van der Waals surface area contributed by atoms with Crippen LogP contribution in [0.25, 0.3) is 0 Å². The summed E-state index contributed by atoms with van der Waals surface area (Å²) in [5.74, 6) is -4.56. The zero-order valence-corrected chi connectivity index (χ0v) is 13.4. The van der Waals surface area contributed by atoms with E-state index in [-0.39, 0.29) is 17.7 Å². The van der Waals surface area contributed by atoms with Gasteiger partial charge >= 0.3 is 11.7 Å². The number of ether oxygens (including phenoxy) is 1. The molecular weight excluding hydrogens is 347 g/mol. The molecule has 1 rings (SSSR count). The molecule has 0 aromatic heterocycles. The van der Waals surface area contributed by atoms with Gasteiger partial charge in [-0.15, -0.1) is 0 Å². The van der Waals surface area contributed by atoms with Gasteiger partial charge in [-0.3, -0.25) is 19.5 Å². The number of nitro benzene ring substituents is 1. The van der Waals surface area contributed by atoms with E-state index in [9.17, 15) is 34.6 Å². The number of aromatic hydroxyl groups is 1. The molecule has 6 N–H and O–H groups in total. The number of hydrogen-bond acceptors (Lipinski definition) is 8. The van der Waals surface area contributed by atoms with Gasteiger partial charge in [0.2, 0.25) is 13.1 Å². The van der Waals surface area contributed by atoms with Crippen LogP contribution in [-0.2, 0) is 9.36 Å². The predicted molar refractivity (Wildman–Crippen MR) is 81.2 cm³/mol. The first-order chi connectivity index (χ1) is 11.0. The maximum Gasteiger partial charge on any atom is 0.320 e. The number of rotatable bonds is 8. The maximum atomic E-state index is 12.2. The highest BCUT2D eigenvalue weighted by Crippen LogP contribution is 2.56. The first-order valence-electron chi connectivity index (χ1n) is 6.54. The minimum atomic E-state index is -4.34. The molecule has 0 aliphatic rings. The summed E-state index contributed by atoms with van der Waals surface area (Å²) in [5, 5.41) is 39.3. The molecule has 3 atom stereocenters. The molecule has 0 amide bonds. The first kappa shape index (κ1) is 19.8. The van der Waals surface area contributed by atoms with Gasteiger partial charge in [0.15, 0.2) is 11.6 Å². The van der Waals surface area contributed by atoms with Gasteiger partial charge in [0.25, 0.3) is 0 Å². The van der Waals surface area contributed by atoms with E-state index in [1.54, 1.807) is 0 Å². The number of carboxylic acids is 1. The Morgan fingerprint density at radius 3 is 2.54 bits per heavy atom. The number of carboxylic acid groups (broad SMARTS) is 1. The fourth-order valence-electron chi connectivity index (χ4n) is 1.86. The molecule has 0 spiro atoms. The molecule has 0 saturated carbocycles. The summed E-state index contributed by atoms with van der Waals surface area (Å²) in [4.78, 5) is 30.5. The van der Waals surface area contributed by atoms with Crippen molar-refractivity contribution in [1.29, 1.82) is 0 Å². The third kappa shape index (κ3) is 4.42. The van der Waals surface area contributed by atoms with Crippen molar-refractivity contribution in [2.75, 3.05) is 13.3 Å². The van der Waals surface area contributed by atoms with E-state index in [0.29, 0.717) is 0 Å². The lowest BCUT2D eigenvalue weighted by Crippen LogP contribution is -2.31. The monoisotopic (exact) mass is 364 g/mol. The Morgan fingerprint density at radius 1 is 1.50 bits per heavy atom. The summed E-state index contributed by atoms with van der Waals surface area (Å²) in [7, 11) is -3.23. The number of aliphatic carboxylic acids is 1. The number of aliphatic hydroxyl groups excluding tert-OH is 1. The van der Waals surface area contributed by atoms with Crippen molar-refractivity contribution in [3.63, 3.8) is 0 Å². The zero-order chi connectivity index (χ0) is 18.7. The average Bonchev–Trinajstić information content (AvgIpc) is 2.51. The van der Waals surface area contributed by atoms with Gasteiger partial charge in [-0.05, 0) is 12.5 Å². The Morgan fingerprint density at radius 2 is 2.08 bits per heavy atom. The number of nitrogens with zero attached hydrogens (tertiary/aromatic N) is 1. The van der Waals surface area contributed by atoms with E-state index >= 15 is 0 Å². The molecule has 12 heteroatoms. The molecular formula is C12H17N2O9P. The number of phenolic OH excluding ortho intramolecular Hbond substituents is 1. The standard InChI is InChI=1S/C12H17N2O9P/c1-23-9-5-6(4-8(10(9)15)14(19)20)12(18)24(21,22)3-2-7(13)11(16)17/h4-5,7,12,15,18H,2-3,13H2,1H3,(H,16,17)(H,21,22)/t7-,12+/m0/s1. The van der Waals surface area contributed by atoms with Crippen molar-refractivity contribution in [3.8, 4) is 11.5 Å². The molecule has 0 aliphatic carbocycles. The molecule has 24 heavy (non-hydrogen) atoms. The summed E-state index contributed by atoms with van der Waals surface area (Å²) < 4.78 is 16.9. The molecule has 11 nitrogen and oxygen atoms in total. The number of aliphatic hydroxyl groups is 1. The third-order valence-corrected chi connectivity index (χ3v) is 5.21. The second-order valence-electron chi connectivity index (χ2n) is 4.93. The number of hydrogen-bond donors (Lipinski definition) is 5. The highest BCUT2D eigenvalue weighted by Gasteiger charge is 2.34. The number of carbonyl (C=O) groups is 1. The fourth-order valence-corrected chi connectivity index (χ4v) is 3.37. The Bertz CT molecular complexity index is 693. The lowest BCUT2D eigenvalue weighted by molar-refractivity contribution is -0.386. The van der Waals surface area contributed by atoms with Crippen molar-refractivity contribution in [1.82, 2.24) is 0 Å². The van der Waals surface area contributed by atoms with Crippen LogP contribution in [0.15, 0.2) is 12.1 Å². The van der Waals surface area contributed by atoms with Crippen LogP contribution in [0.4, 0.5) is 5.69 Å². The summed E-state index contributed by atoms with van der Waals surface area (Å²) in [6.07, 6.45) is -0.990. The van der Waals surface area contributed by atoms with Gasteiger partial charge in [-0.25, -0.2) is 0 Å². The lowest BCUT2D eigenvalue weighted by atomic mass is 10.2. The van der Waals surface area contributed by atoms with Crippen LogP contribution in [0, 0.1) is 10.1 Å². The summed E-state index contributed by atoms with van der Waals surface area (Å²) in [6, 6.07) is 0.330. The minimum Gasteiger partial charge on any atom is -0.500 e. The summed E-state index contributed by atoms with van der Waals surface area (Å²) in [5.41, 5.74) is 4.09. The highest BCUT2D eigenvalue weighted by atomic mass is 31.2. The largest absolute Gasteiger partial charge is 0.500 e. The Labute approximate surface area is 135 Å². The molecule has 1 aromatic carbocycles. The van der Waals surface area contributed by atoms with Crippen molar-refractivity contribution in [3.05, 3.63) is 27.8 Å². The molecule has 0 heterocycles. The van der Waals surface area contributed by atoms with E-state index in [1.807, 2.05) is 0 Å². The van der Waals surface area contributed by atoms with Crippen LogP contribution in [0.2, 0.25) is 0 Å². The van der Waals surface area contributed by atoms with Crippen LogP contribution < -0.4 is 10.5 Å². The molecule has 0 aliphatic heterocycles. The molecule has 0 bridgehead atoms. The minimum absolute atomic E-state index is 0.328. The van der Waals surface area contributed by atoms with E-state index in [2.05, 4.69) is 0 Å². The first-order valence-corrected chi connectivity index (χ1v) is 8.46. The topological polar surface area (TPSA) is 193 Å². The number of benzene rings is 1. The smallest absolute Gasteiger partial charge is 0.320 e. The van der Waals surface area contributed by atoms with Crippen LogP contribution in [0.1, 0.15) is 17.8 Å². The normalized spacial score (nSPS) is 16.0. The number of phenols is 1. The molecule has 1 aromatic rings. The second-order valence-corrected chi connectivity index (χ2v) is 7.38. The molecule has 0 saturated heterocycles. The summed E-state index contributed by atoms with van der Waals surface area (Å²) in [6.45, 7) is 0. The Hall–Kier alpha value is -2.20. The van der Waals surface area contributed by atoms with Crippen LogP contribution in [0.5, 0.6) is 11.5 Å². The van der Waals surface area contributed by atoms with E-state index in [0.717, 1.165) is 19.2 Å². The van der Waals surface area contributed by atoms with Crippen LogP contribution >= 0.6 is 7.37 Å². The Balaban J connectivity index is 3.15. The van der Waals surface area contributed by atoms with Crippen molar-refractivity contribution in [2.45, 2.75) is 18.3 Å². The van der Waals surface area contributed by atoms with Gasteiger partial charge in [0.05, 0.1) is 12.0 Å². The molecule has 0 radical (unpaired) electrons. The highest BCUT2D eigenvalue weighted by molar-refractivity contribution is 7.58. The quantitative estimate of drug-likeness (QED) is 0.244. The summed E-state index contributed by atoms with van der Waals surface area (Å²) >= 11 is 0. The van der Waals surface area contributed by atoms with Crippen molar-refractivity contribution < 1.29 is 39.2 Å². The molecule has 0 fully saturated rings. The van der Waals surface area contributed by atoms with E-state index in [4.69, 9.17) is 15.6 Å². The second kappa shape index (κ2) is 7.58. The zero-order valence-electron chi connectivity index (χ0n) is 12.5. The van der Waals surface area contributed by atoms with Crippen LogP contribution in [0.3, 0.4) is 0 Å². The van der Waals surface area contributed by atoms with Crippen LogP contribution in [-0.4, -0.2) is 50.4 Å². The SMILES string of the molecule is COc1cc([C@H](O)P(=O)(O)CC[C@H](N)C(=O)O)cc([N+](=O)[O-])c1O. The Kier molecular flexibility index (Phi) is 6.27. The van der Waals surface area contributed by atoms with Crippen molar-refractivity contribution in [2.24, 2.45) is 5.73 Å². The molecule has 1 unspecified atom stereocenters. The molecule has 134 valence electrons. The van der Waals surface area contributed by atoms with Gasteiger partial charge in [0.1, 0.15) is 6.04 Å². The van der Waals surface area contributed by atoms with Gasteiger partial charge in [0, 0.05) is 17.8 Å². The van der Waals surface area contributed by atoms with Crippen molar-refractivity contribution >= 4 is 19.0 Å². The number of nitro groups is 1. The van der Waals surface area contributed by atoms with E-state index in [1.165, 1.54) is 0 Å². The maximum absolute atomic E-state index is 12.2. The fraction of sp³-hybridized carbons (Fsp3) is 0.417. The van der Waals surface area contributed by atoms with Gasteiger partial charge < -0.3 is 30.7 Å². The predicted octanol–water partition coefficient (Wildman–Crippen LogP) is 0.372. The third-order valence-electron chi connectivity index (χ3n) is 3.25. The van der Waals surface area contributed by atoms with Gasteiger partial charge in [-0.1, -0.05) is 0 Å². The number of nitrogens with two attached hydrogens (primary N) is 1. The average molecular weight is 364 g/mol. The lowest BCUT2D eigenvalue weighted by Gasteiger charge is -2.20. The number of methoxy groups -OCH3 is 1. The van der Waals surface area contributed by atoms with E-state index < -0.39 is 47.7 Å².